The maximum atomic E-state index is 5.80. The first kappa shape index (κ1) is 12.9. The van der Waals surface area contributed by atoms with E-state index in [2.05, 4.69) is 45.1 Å². The summed E-state index contributed by atoms with van der Waals surface area (Å²) in [6.45, 7) is 9.42. The second kappa shape index (κ2) is 5.78. The Bertz CT molecular complexity index is 345. The lowest BCUT2D eigenvalue weighted by Crippen LogP contribution is -2.03. The highest BCUT2D eigenvalue weighted by atomic mass is 16.5. The molecule has 0 unspecified atom stereocenters. The third-order valence-corrected chi connectivity index (χ3v) is 2.71. The minimum absolute atomic E-state index is 0.486. The van der Waals surface area contributed by atoms with Crippen molar-refractivity contribution in [2.75, 3.05) is 19.0 Å². The quantitative estimate of drug-likeness (QED) is 0.813. The van der Waals surface area contributed by atoms with E-state index in [1.54, 1.807) is 0 Å². The SMILES string of the molecule is CCCOc1cc(C)c(NC)cc1C(C)C. The largest absolute Gasteiger partial charge is 0.493 e. The van der Waals surface area contributed by atoms with Crippen LogP contribution in [-0.2, 0) is 0 Å². The van der Waals surface area contributed by atoms with Crippen LogP contribution in [0, 0.1) is 6.92 Å². The van der Waals surface area contributed by atoms with Crippen LogP contribution in [0.1, 0.15) is 44.2 Å². The van der Waals surface area contributed by atoms with Crippen molar-refractivity contribution in [2.45, 2.75) is 40.0 Å². The average Bonchev–Trinajstić information content (AvgIpc) is 2.25. The topological polar surface area (TPSA) is 21.3 Å². The van der Waals surface area contributed by atoms with Crippen LogP contribution in [0.5, 0.6) is 5.75 Å². The van der Waals surface area contributed by atoms with Gasteiger partial charge in [-0.3, -0.25) is 0 Å². The summed E-state index contributed by atoms with van der Waals surface area (Å²) >= 11 is 0. The Kier molecular flexibility index (Phi) is 4.66. The van der Waals surface area contributed by atoms with Gasteiger partial charge in [0.05, 0.1) is 6.61 Å². The summed E-state index contributed by atoms with van der Waals surface area (Å²) in [5, 5.41) is 3.22. The fraction of sp³-hybridized carbons (Fsp3) is 0.571. The predicted octanol–water partition coefficient (Wildman–Crippen LogP) is 3.95. The summed E-state index contributed by atoms with van der Waals surface area (Å²) < 4.78 is 5.80. The van der Waals surface area contributed by atoms with E-state index in [-0.39, 0.29) is 0 Å². The molecule has 1 aromatic rings. The van der Waals surface area contributed by atoms with E-state index in [4.69, 9.17) is 4.74 Å². The minimum Gasteiger partial charge on any atom is -0.493 e. The van der Waals surface area contributed by atoms with Gasteiger partial charge in [-0.15, -0.1) is 0 Å². The smallest absolute Gasteiger partial charge is 0.123 e. The molecule has 0 bridgehead atoms. The van der Waals surface area contributed by atoms with Gasteiger partial charge in [-0.25, -0.2) is 0 Å². The maximum Gasteiger partial charge on any atom is 0.123 e. The molecule has 0 aromatic heterocycles. The average molecular weight is 221 g/mol. The van der Waals surface area contributed by atoms with Crippen LogP contribution in [0.4, 0.5) is 5.69 Å². The fourth-order valence-corrected chi connectivity index (χ4v) is 1.76. The third-order valence-electron chi connectivity index (χ3n) is 2.71. The Morgan fingerprint density at radius 3 is 2.50 bits per heavy atom. The van der Waals surface area contributed by atoms with Crippen LogP contribution in [-0.4, -0.2) is 13.7 Å². The van der Waals surface area contributed by atoms with E-state index in [0.29, 0.717) is 5.92 Å². The molecule has 0 aliphatic rings. The molecular formula is C14H23NO. The van der Waals surface area contributed by atoms with Gasteiger partial charge in [-0.1, -0.05) is 20.8 Å². The molecule has 0 heterocycles. The number of hydrogen-bond donors (Lipinski definition) is 1. The highest BCUT2D eigenvalue weighted by Crippen LogP contribution is 2.32. The number of benzene rings is 1. The first-order valence-corrected chi connectivity index (χ1v) is 6.05. The Balaban J connectivity index is 3.09. The Labute approximate surface area is 99.0 Å². The van der Waals surface area contributed by atoms with Gasteiger partial charge in [0.1, 0.15) is 5.75 Å². The van der Waals surface area contributed by atoms with Gasteiger partial charge >= 0.3 is 0 Å². The van der Waals surface area contributed by atoms with Crippen molar-refractivity contribution in [1.29, 1.82) is 0 Å². The Morgan fingerprint density at radius 2 is 2.00 bits per heavy atom. The molecule has 2 nitrogen and oxygen atoms in total. The molecule has 2 heteroatoms. The molecule has 0 radical (unpaired) electrons. The molecule has 90 valence electrons. The molecular weight excluding hydrogens is 198 g/mol. The molecule has 0 amide bonds. The van der Waals surface area contributed by atoms with Gasteiger partial charge in [0.15, 0.2) is 0 Å². The van der Waals surface area contributed by atoms with E-state index in [9.17, 15) is 0 Å². The second-order valence-electron chi connectivity index (χ2n) is 4.46. The Morgan fingerprint density at radius 1 is 1.31 bits per heavy atom. The van der Waals surface area contributed by atoms with Gasteiger partial charge < -0.3 is 10.1 Å². The summed E-state index contributed by atoms with van der Waals surface area (Å²) in [6.07, 6.45) is 1.05. The third kappa shape index (κ3) is 2.91. The minimum atomic E-state index is 0.486. The summed E-state index contributed by atoms with van der Waals surface area (Å²) in [5.41, 5.74) is 3.70. The molecule has 0 aliphatic carbocycles. The van der Waals surface area contributed by atoms with Crippen LogP contribution in [0.15, 0.2) is 12.1 Å². The molecule has 16 heavy (non-hydrogen) atoms. The number of ether oxygens (including phenoxy) is 1. The van der Waals surface area contributed by atoms with E-state index >= 15 is 0 Å². The molecule has 0 aliphatic heterocycles. The molecule has 1 N–H and O–H groups in total. The predicted molar refractivity (Wildman–Crippen MR) is 70.6 cm³/mol. The zero-order chi connectivity index (χ0) is 12.1. The number of hydrogen-bond acceptors (Lipinski definition) is 2. The highest BCUT2D eigenvalue weighted by molar-refractivity contribution is 5.57. The summed E-state index contributed by atoms with van der Waals surface area (Å²) in [6, 6.07) is 4.34. The van der Waals surface area contributed by atoms with Crippen LogP contribution < -0.4 is 10.1 Å². The van der Waals surface area contributed by atoms with Gasteiger partial charge in [0, 0.05) is 12.7 Å². The van der Waals surface area contributed by atoms with Crippen molar-refractivity contribution in [2.24, 2.45) is 0 Å². The summed E-state index contributed by atoms with van der Waals surface area (Å²) in [4.78, 5) is 0. The normalized spacial score (nSPS) is 10.6. The standard InChI is InChI=1S/C14H23NO/c1-6-7-16-14-8-11(4)13(15-5)9-12(14)10(2)3/h8-10,15H,6-7H2,1-5H3. The van der Waals surface area contributed by atoms with E-state index < -0.39 is 0 Å². The van der Waals surface area contributed by atoms with Crippen LogP contribution in [0.2, 0.25) is 0 Å². The van der Waals surface area contributed by atoms with Crippen molar-refractivity contribution in [3.05, 3.63) is 23.3 Å². The van der Waals surface area contributed by atoms with Crippen molar-refractivity contribution < 1.29 is 4.74 Å². The zero-order valence-electron chi connectivity index (χ0n) is 11.1. The van der Waals surface area contributed by atoms with Crippen molar-refractivity contribution in [1.82, 2.24) is 0 Å². The zero-order valence-corrected chi connectivity index (χ0v) is 11.1. The van der Waals surface area contributed by atoms with E-state index in [1.165, 1.54) is 16.8 Å². The number of anilines is 1. The first-order valence-electron chi connectivity index (χ1n) is 6.05. The fourth-order valence-electron chi connectivity index (χ4n) is 1.76. The number of rotatable bonds is 5. The molecule has 1 aromatic carbocycles. The molecule has 0 fully saturated rings. The lowest BCUT2D eigenvalue weighted by atomic mass is 9.99. The summed E-state index contributed by atoms with van der Waals surface area (Å²) in [7, 11) is 1.96. The first-order chi connectivity index (χ1) is 7.60. The van der Waals surface area contributed by atoms with E-state index in [0.717, 1.165) is 18.8 Å². The van der Waals surface area contributed by atoms with Crippen molar-refractivity contribution >= 4 is 5.69 Å². The van der Waals surface area contributed by atoms with Crippen molar-refractivity contribution in [3.63, 3.8) is 0 Å². The number of nitrogens with one attached hydrogen (secondary N) is 1. The van der Waals surface area contributed by atoms with Gasteiger partial charge in [0.25, 0.3) is 0 Å². The molecule has 1 rings (SSSR count). The molecule has 0 saturated heterocycles. The maximum absolute atomic E-state index is 5.80. The van der Waals surface area contributed by atoms with Crippen LogP contribution in [0.25, 0.3) is 0 Å². The molecule has 0 saturated carbocycles. The van der Waals surface area contributed by atoms with Gasteiger partial charge in [-0.05, 0) is 42.5 Å². The number of aryl methyl sites for hydroxylation is 1. The van der Waals surface area contributed by atoms with Gasteiger partial charge in [0.2, 0.25) is 0 Å². The second-order valence-corrected chi connectivity index (χ2v) is 4.46. The lowest BCUT2D eigenvalue weighted by Gasteiger charge is -2.17. The summed E-state index contributed by atoms with van der Waals surface area (Å²) in [5.74, 6) is 1.52. The van der Waals surface area contributed by atoms with Crippen LogP contribution >= 0.6 is 0 Å². The van der Waals surface area contributed by atoms with E-state index in [1.807, 2.05) is 7.05 Å². The van der Waals surface area contributed by atoms with Crippen molar-refractivity contribution in [3.8, 4) is 5.75 Å². The monoisotopic (exact) mass is 221 g/mol. The molecule has 0 spiro atoms. The van der Waals surface area contributed by atoms with Gasteiger partial charge in [-0.2, -0.15) is 0 Å². The highest BCUT2D eigenvalue weighted by Gasteiger charge is 2.10. The lowest BCUT2D eigenvalue weighted by molar-refractivity contribution is 0.313. The Hall–Kier alpha value is -1.18. The van der Waals surface area contributed by atoms with Crippen LogP contribution in [0.3, 0.4) is 0 Å². The molecule has 0 atom stereocenters.